The average molecular weight is 236 g/mol. The van der Waals surface area contributed by atoms with E-state index in [2.05, 4.69) is 5.32 Å². The monoisotopic (exact) mass is 236 g/mol. The highest BCUT2D eigenvalue weighted by molar-refractivity contribution is 5.94. The Hall–Kier alpha value is -1.42. The van der Waals surface area contributed by atoms with Crippen LogP contribution in [0.3, 0.4) is 0 Å². The molecule has 0 radical (unpaired) electrons. The molecule has 1 aromatic rings. The number of hydrogen-bond acceptors (Lipinski definition) is 2. The van der Waals surface area contributed by atoms with Crippen molar-refractivity contribution >= 4 is 5.91 Å². The van der Waals surface area contributed by atoms with Crippen LogP contribution in [0.1, 0.15) is 24.2 Å². The van der Waals surface area contributed by atoms with Crippen molar-refractivity contribution < 1.29 is 9.18 Å². The molecule has 1 amide bonds. The lowest BCUT2D eigenvalue weighted by molar-refractivity contribution is 0.0647. The SMILES string of the molecule is CC1(C)CN(C(=O)c2ccccc2F)CCN1. The maximum atomic E-state index is 13.5. The number of halogens is 1. The fourth-order valence-electron chi connectivity index (χ4n) is 2.12. The molecule has 1 saturated heterocycles. The smallest absolute Gasteiger partial charge is 0.256 e. The first-order valence-electron chi connectivity index (χ1n) is 5.78. The second-order valence-corrected chi connectivity index (χ2v) is 5.02. The number of carbonyl (C=O) groups is 1. The van der Waals surface area contributed by atoms with Gasteiger partial charge in [-0.05, 0) is 26.0 Å². The normalized spacial score (nSPS) is 19.1. The van der Waals surface area contributed by atoms with E-state index in [0.29, 0.717) is 13.1 Å². The van der Waals surface area contributed by atoms with Gasteiger partial charge in [-0.1, -0.05) is 12.1 Å². The van der Waals surface area contributed by atoms with Gasteiger partial charge in [0.05, 0.1) is 5.56 Å². The quantitative estimate of drug-likeness (QED) is 0.804. The summed E-state index contributed by atoms with van der Waals surface area (Å²) in [6, 6.07) is 6.13. The van der Waals surface area contributed by atoms with Gasteiger partial charge in [0.2, 0.25) is 0 Å². The maximum Gasteiger partial charge on any atom is 0.256 e. The van der Waals surface area contributed by atoms with Crippen molar-refractivity contribution in [3.8, 4) is 0 Å². The van der Waals surface area contributed by atoms with Crippen molar-refractivity contribution in [2.24, 2.45) is 0 Å². The van der Waals surface area contributed by atoms with Crippen LogP contribution in [0.25, 0.3) is 0 Å². The predicted molar refractivity (Wildman–Crippen MR) is 64.4 cm³/mol. The summed E-state index contributed by atoms with van der Waals surface area (Å²) in [6.07, 6.45) is 0. The van der Waals surface area contributed by atoms with E-state index in [1.54, 1.807) is 17.0 Å². The molecule has 1 aromatic carbocycles. The number of nitrogens with one attached hydrogen (secondary N) is 1. The van der Waals surface area contributed by atoms with Crippen molar-refractivity contribution in [2.45, 2.75) is 19.4 Å². The van der Waals surface area contributed by atoms with Gasteiger partial charge in [0.25, 0.3) is 5.91 Å². The van der Waals surface area contributed by atoms with E-state index in [9.17, 15) is 9.18 Å². The number of piperazine rings is 1. The minimum Gasteiger partial charge on any atom is -0.335 e. The van der Waals surface area contributed by atoms with E-state index in [4.69, 9.17) is 0 Å². The average Bonchev–Trinajstić information content (AvgIpc) is 2.27. The predicted octanol–water partition coefficient (Wildman–Crippen LogP) is 1.65. The van der Waals surface area contributed by atoms with Gasteiger partial charge in [0.15, 0.2) is 0 Å². The largest absolute Gasteiger partial charge is 0.335 e. The molecule has 1 aliphatic rings. The first-order valence-corrected chi connectivity index (χ1v) is 5.78. The number of benzene rings is 1. The molecule has 0 unspecified atom stereocenters. The number of carbonyl (C=O) groups excluding carboxylic acids is 1. The summed E-state index contributed by atoms with van der Waals surface area (Å²) in [5.41, 5.74) is 0.0457. The molecule has 1 heterocycles. The molecular weight excluding hydrogens is 219 g/mol. The fraction of sp³-hybridized carbons (Fsp3) is 0.462. The van der Waals surface area contributed by atoms with E-state index in [-0.39, 0.29) is 17.0 Å². The third kappa shape index (κ3) is 2.64. The lowest BCUT2D eigenvalue weighted by Crippen LogP contribution is -2.58. The number of amides is 1. The Morgan fingerprint density at radius 1 is 1.41 bits per heavy atom. The third-order valence-electron chi connectivity index (χ3n) is 2.96. The molecule has 0 atom stereocenters. The highest BCUT2D eigenvalue weighted by Crippen LogP contribution is 2.15. The van der Waals surface area contributed by atoms with E-state index in [1.807, 2.05) is 13.8 Å². The van der Waals surface area contributed by atoms with Gasteiger partial charge in [0, 0.05) is 25.2 Å². The number of hydrogen-bond donors (Lipinski definition) is 1. The minimum absolute atomic E-state index is 0.112. The van der Waals surface area contributed by atoms with Crippen LogP contribution in [0.15, 0.2) is 24.3 Å². The molecule has 3 nitrogen and oxygen atoms in total. The number of nitrogens with zero attached hydrogens (tertiary/aromatic N) is 1. The van der Waals surface area contributed by atoms with E-state index >= 15 is 0 Å². The molecular formula is C13H17FN2O. The summed E-state index contributed by atoms with van der Waals surface area (Å²) < 4.78 is 13.5. The molecule has 0 bridgehead atoms. The maximum absolute atomic E-state index is 13.5. The molecule has 0 aromatic heterocycles. The lowest BCUT2D eigenvalue weighted by Gasteiger charge is -2.39. The van der Waals surface area contributed by atoms with Gasteiger partial charge >= 0.3 is 0 Å². The molecule has 0 aliphatic carbocycles. The summed E-state index contributed by atoms with van der Waals surface area (Å²) in [6.45, 7) is 6.03. The zero-order valence-electron chi connectivity index (χ0n) is 10.2. The molecule has 0 saturated carbocycles. The molecule has 17 heavy (non-hydrogen) atoms. The summed E-state index contributed by atoms with van der Waals surface area (Å²) >= 11 is 0. The Labute approximate surface area is 101 Å². The second-order valence-electron chi connectivity index (χ2n) is 5.02. The molecule has 92 valence electrons. The van der Waals surface area contributed by atoms with Crippen molar-refractivity contribution in [3.05, 3.63) is 35.6 Å². The Bertz CT molecular complexity index is 431. The summed E-state index contributed by atoms with van der Waals surface area (Å²) in [4.78, 5) is 13.9. The van der Waals surface area contributed by atoms with E-state index < -0.39 is 5.82 Å². The second kappa shape index (κ2) is 4.45. The van der Waals surface area contributed by atoms with E-state index in [1.165, 1.54) is 12.1 Å². The van der Waals surface area contributed by atoms with Crippen molar-refractivity contribution in [2.75, 3.05) is 19.6 Å². The standard InChI is InChI=1S/C13H17FN2O/c1-13(2)9-16(8-7-15-13)12(17)10-5-3-4-6-11(10)14/h3-6,15H,7-9H2,1-2H3. The summed E-state index contributed by atoms with van der Waals surface area (Å²) in [5.74, 6) is -0.675. The van der Waals surface area contributed by atoms with Crippen LogP contribution in [0.2, 0.25) is 0 Å². The van der Waals surface area contributed by atoms with Crippen molar-refractivity contribution in [3.63, 3.8) is 0 Å². The van der Waals surface area contributed by atoms with Crippen LogP contribution in [0, 0.1) is 5.82 Å². The molecule has 1 N–H and O–H groups in total. The van der Waals surface area contributed by atoms with Gasteiger partial charge in [-0.15, -0.1) is 0 Å². The molecule has 4 heteroatoms. The lowest BCUT2D eigenvalue weighted by atomic mass is 10.0. The Balaban J connectivity index is 2.18. The van der Waals surface area contributed by atoms with Gasteiger partial charge in [-0.2, -0.15) is 0 Å². The van der Waals surface area contributed by atoms with E-state index in [0.717, 1.165) is 6.54 Å². The van der Waals surface area contributed by atoms with Crippen molar-refractivity contribution in [1.29, 1.82) is 0 Å². The Morgan fingerprint density at radius 3 is 2.76 bits per heavy atom. The van der Waals surface area contributed by atoms with Crippen molar-refractivity contribution in [1.82, 2.24) is 10.2 Å². The van der Waals surface area contributed by atoms with Crippen LogP contribution in [0.5, 0.6) is 0 Å². The highest BCUT2D eigenvalue weighted by Gasteiger charge is 2.29. The minimum atomic E-state index is -0.450. The first kappa shape index (κ1) is 12.0. The van der Waals surface area contributed by atoms with Gasteiger partial charge in [0.1, 0.15) is 5.82 Å². The zero-order chi connectivity index (χ0) is 12.5. The van der Waals surface area contributed by atoms with Crippen LogP contribution >= 0.6 is 0 Å². The van der Waals surface area contributed by atoms with Gasteiger partial charge < -0.3 is 10.2 Å². The van der Waals surface area contributed by atoms with Gasteiger partial charge in [-0.3, -0.25) is 4.79 Å². The first-order chi connectivity index (χ1) is 7.99. The fourth-order valence-corrected chi connectivity index (χ4v) is 2.12. The topological polar surface area (TPSA) is 32.3 Å². The molecule has 1 fully saturated rings. The third-order valence-corrected chi connectivity index (χ3v) is 2.96. The van der Waals surface area contributed by atoms with Gasteiger partial charge in [-0.25, -0.2) is 4.39 Å². The van der Waals surface area contributed by atoms with Crippen LogP contribution in [-0.2, 0) is 0 Å². The molecule has 1 aliphatic heterocycles. The summed E-state index contributed by atoms with van der Waals surface area (Å²) in [5, 5.41) is 3.32. The van der Waals surface area contributed by atoms with Crippen LogP contribution in [-0.4, -0.2) is 36.0 Å². The van der Waals surface area contributed by atoms with Crippen LogP contribution in [0.4, 0.5) is 4.39 Å². The van der Waals surface area contributed by atoms with Crippen LogP contribution < -0.4 is 5.32 Å². The Morgan fingerprint density at radius 2 is 2.12 bits per heavy atom. The Kier molecular flexibility index (Phi) is 3.15. The highest BCUT2D eigenvalue weighted by atomic mass is 19.1. The molecule has 0 spiro atoms. The number of rotatable bonds is 1. The molecule has 2 rings (SSSR count). The zero-order valence-corrected chi connectivity index (χ0v) is 10.2. The summed E-state index contributed by atoms with van der Waals surface area (Å²) in [7, 11) is 0.